The number of nitrogens with one attached hydrogen (secondary N) is 2. The summed E-state index contributed by atoms with van der Waals surface area (Å²) >= 11 is 0. The number of esters is 1. The molecule has 0 saturated heterocycles. The van der Waals surface area contributed by atoms with E-state index in [1.807, 2.05) is 19.1 Å². The first-order valence-corrected chi connectivity index (χ1v) is 11.0. The predicted molar refractivity (Wildman–Crippen MR) is 130 cm³/mol. The molecule has 3 heterocycles. The number of aromatic nitrogens is 5. The van der Waals surface area contributed by atoms with Crippen LogP contribution in [0.4, 0.5) is 16.6 Å². The molecule has 0 fully saturated rings. The normalized spacial score (nSPS) is 11.9. The van der Waals surface area contributed by atoms with Crippen LogP contribution in [-0.2, 0) is 16.0 Å². The van der Waals surface area contributed by atoms with Gasteiger partial charge in [-0.05, 0) is 24.1 Å². The van der Waals surface area contributed by atoms with Crippen molar-refractivity contribution < 1.29 is 19.1 Å². The van der Waals surface area contributed by atoms with Crippen molar-refractivity contribution >= 4 is 45.8 Å². The Morgan fingerprint density at radius 1 is 1.17 bits per heavy atom. The van der Waals surface area contributed by atoms with Crippen molar-refractivity contribution in [3.8, 4) is 0 Å². The fraction of sp³-hybridized carbons (Fsp3) is 0.304. The summed E-state index contributed by atoms with van der Waals surface area (Å²) in [5.41, 5.74) is 9.24. The van der Waals surface area contributed by atoms with Gasteiger partial charge in [0.15, 0.2) is 5.82 Å². The van der Waals surface area contributed by atoms with Crippen LogP contribution in [0.1, 0.15) is 35.7 Å². The molecule has 4 rings (SSSR count). The minimum atomic E-state index is -0.691. The quantitative estimate of drug-likeness (QED) is 0.254. The summed E-state index contributed by atoms with van der Waals surface area (Å²) in [6, 6.07) is 7.12. The van der Waals surface area contributed by atoms with Gasteiger partial charge in [0.25, 0.3) is 0 Å². The van der Waals surface area contributed by atoms with E-state index in [1.54, 1.807) is 29.2 Å². The molecule has 0 spiro atoms. The van der Waals surface area contributed by atoms with Gasteiger partial charge in [-0.3, -0.25) is 15.0 Å². The van der Waals surface area contributed by atoms with Crippen LogP contribution in [-0.4, -0.2) is 57.2 Å². The molecule has 1 atom stereocenters. The Bertz CT molecular complexity index is 1390. The van der Waals surface area contributed by atoms with Gasteiger partial charge < -0.3 is 20.5 Å². The molecule has 1 amide bonds. The summed E-state index contributed by atoms with van der Waals surface area (Å²) in [4.78, 5) is 37.2. The third-order valence-corrected chi connectivity index (χ3v) is 5.39. The third-order valence-electron chi connectivity index (χ3n) is 5.39. The van der Waals surface area contributed by atoms with Crippen LogP contribution >= 0.6 is 0 Å². The number of rotatable bonds is 8. The van der Waals surface area contributed by atoms with E-state index >= 15 is 0 Å². The van der Waals surface area contributed by atoms with Crippen molar-refractivity contribution in [2.24, 2.45) is 5.73 Å². The van der Waals surface area contributed by atoms with Crippen molar-refractivity contribution in [2.45, 2.75) is 32.5 Å². The number of hydrogen-bond acceptors (Lipinski definition) is 10. The van der Waals surface area contributed by atoms with Crippen LogP contribution in [0.2, 0.25) is 0 Å². The number of anilines is 2. The van der Waals surface area contributed by atoms with Crippen LogP contribution in [0.3, 0.4) is 0 Å². The van der Waals surface area contributed by atoms with Gasteiger partial charge in [-0.1, -0.05) is 25.5 Å². The summed E-state index contributed by atoms with van der Waals surface area (Å²) < 4.78 is 11.3. The largest absolute Gasteiger partial charge is 0.465 e. The maximum Gasteiger partial charge on any atom is 0.413 e. The molecule has 4 N–H and O–H groups in total. The van der Waals surface area contributed by atoms with Gasteiger partial charge in [-0.25, -0.2) is 14.6 Å². The summed E-state index contributed by atoms with van der Waals surface area (Å²) in [6.45, 7) is 2.35. The van der Waals surface area contributed by atoms with E-state index in [-0.39, 0.29) is 12.1 Å². The van der Waals surface area contributed by atoms with Crippen molar-refractivity contribution in [1.29, 1.82) is 0 Å². The topological polar surface area (TPSA) is 159 Å². The Kier molecular flexibility index (Phi) is 7.01. The molecule has 1 aromatic carbocycles. The van der Waals surface area contributed by atoms with Crippen LogP contribution < -0.4 is 16.4 Å². The zero-order chi connectivity index (χ0) is 24.9. The number of methoxy groups -OCH3 is 2. The number of hydrogen-bond donors (Lipinski definition) is 3. The number of fused-ring (bicyclic) bond motifs is 2. The highest BCUT2D eigenvalue weighted by atomic mass is 16.5. The molecule has 0 aliphatic heterocycles. The Balaban J connectivity index is 1.79. The molecule has 35 heavy (non-hydrogen) atoms. The van der Waals surface area contributed by atoms with E-state index in [0.717, 1.165) is 12.0 Å². The van der Waals surface area contributed by atoms with Crippen molar-refractivity contribution in [2.75, 3.05) is 24.9 Å². The first kappa shape index (κ1) is 23.8. The molecule has 1 unspecified atom stereocenters. The predicted octanol–water partition coefficient (Wildman–Crippen LogP) is 2.88. The second-order valence-electron chi connectivity index (χ2n) is 7.75. The highest BCUT2D eigenvalue weighted by Crippen LogP contribution is 2.27. The molecule has 0 bridgehead atoms. The molecule has 182 valence electrons. The minimum Gasteiger partial charge on any atom is -0.465 e. The van der Waals surface area contributed by atoms with Gasteiger partial charge >= 0.3 is 12.1 Å². The maximum atomic E-state index is 12.2. The summed E-state index contributed by atoms with van der Waals surface area (Å²) in [5, 5.41) is 10.8. The summed E-state index contributed by atoms with van der Waals surface area (Å²) in [6.07, 6.45) is 3.77. The lowest BCUT2D eigenvalue weighted by Gasteiger charge is -2.16. The van der Waals surface area contributed by atoms with Gasteiger partial charge in [-0.15, -0.1) is 0 Å². The van der Waals surface area contributed by atoms with Crippen molar-refractivity contribution in [3.05, 3.63) is 47.8 Å². The molecule has 0 aliphatic rings. The monoisotopic (exact) mass is 478 g/mol. The first-order valence-electron chi connectivity index (χ1n) is 11.0. The van der Waals surface area contributed by atoms with Crippen LogP contribution in [0.25, 0.3) is 21.9 Å². The van der Waals surface area contributed by atoms with Gasteiger partial charge in [0.05, 0.1) is 44.2 Å². The number of pyridine rings is 1. The second kappa shape index (κ2) is 10.3. The van der Waals surface area contributed by atoms with Gasteiger partial charge in [0, 0.05) is 11.6 Å². The van der Waals surface area contributed by atoms with E-state index in [2.05, 4.69) is 35.4 Å². The molecular formula is C23H26N8O4. The highest BCUT2D eigenvalue weighted by Gasteiger charge is 2.19. The lowest BCUT2D eigenvalue weighted by Crippen LogP contribution is -2.30. The molecule has 0 aliphatic carbocycles. The zero-order valence-corrected chi connectivity index (χ0v) is 19.6. The number of amides is 1. The molecule has 4 aromatic rings. The number of nitrogens with zero attached hydrogens (tertiary/aromatic N) is 5. The number of benzene rings is 1. The van der Waals surface area contributed by atoms with Crippen LogP contribution in [0.5, 0.6) is 0 Å². The van der Waals surface area contributed by atoms with E-state index < -0.39 is 12.1 Å². The third kappa shape index (κ3) is 4.96. The Morgan fingerprint density at radius 3 is 2.74 bits per heavy atom. The van der Waals surface area contributed by atoms with Gasteiger partial charge in [-0.2, -0.15) is 10.1 Å². The molecular weight excluding hydrogens is 452 g/mol. The van der Waals surface area contributed by atoms with E-state index in [4.69, 9.17) is 10.5 Å². The second-order valence-corrected chi connectivity index (χ2v) is 7.75. The maximum absolute atomic E-state index is 12.2. The fourth-order valence-corrected chi connectivity index (χ4v) is 3.78. The fourth-order valence-electron chi connectivity index (χ4n) is 3.78. The molecule has 12 nitrogen and oxygen atoms in total. The Morgan fingerprint density at radius 2 is 2.00 bits per heavy atom. The first-order chi connectivity index (χ1) is 16.9. The lowest BCUT2D eigenvalue weighted by atomic mass is 10.0. The number of carbonyl (C=O) groups excluding carboxylic acids is 2. The molecule has 12 heteroatoms. The minimum absolute atomic E-state index is 0.0599. The molecule has 3 aromatic heterocycles. The van der Waals surface area contributed by atoms with Crippen LogP contribution in [0, 0.1) is 0 Å². The zero-order valence-electron chi connectivity index (χ0n) is 19.6. The number of ether oxygens (including phenoxy) is 2. The lowest BCUT2D eigenvalue weighted by molar-refractivity contribution is 0.0603. The Labute approximate surface area is 200 Å². The average Bonchev–Trinajstić information content (AvgIpc) is 3.26. The smallest absolute Gasteiger partial charge is 0.413 e. The standard InChI is InChI=1S/C23H26N8O4/c1-4-6-17(24)28-20-19-16(27-22(29-20)30-23(33)35-3)11-26-31(19)12-13-8-9-15(21(32)34-2)14-7-5-10-25-18(13)14/h5,7-11,17H,4,6,12,24H2,1-3H3,(H2,27,28,29,30,33). The van der Waals surface area contributed by atoms with Crippen molar-refractivity contribution in [3.63, 3.8) is 0 Å². The Hall–Kier alpha value is -4.32. The molecule has 0 radical (unpaired) electrons. The summed E-state index contributed by atoms with van der Waals surface area (Å²) in [5.74, 6) is 0.0440. The van der Waals surface area contributed by atoms with E-state index in [9.17, 15) is 9.59 Å². The number of carbonyl (C=O) groups is 2. The average molecular weight is 479 g/mol. The van der Waals surface area contributed by atoms with E-state index in [0.29, 0.717) is 46.3 Å². The van der Waals surface area contributed by atoms with Crippen molar-refractivity contribution in [1.82, 2.24) is 24.7 Å². The van der Waals surface area contributed by atoms with Gasteiger partial charge in [0.1, 0.15) is 11.0 Å². The highest BCUT2D eigenvalue weighted by molar-refractivity contribution is 6.04. The molecule has 0 saturated carbocycles. The van der Waals surface area contributed by atoms with E-state index in [1.165, 1.54) is 14.2 Å². The number of nitrogens with two attached hydrogens (primary N) is 1. The van der Waals surface area contributed by atoms with Gasteiger partial charge in [0.2, 0.25) is 5.95 Å². The summed E-state index contributed by atoms with van der Waals surface area (Å²) in [7, 11) is 2.60. The SMILES string of the molecule is CCCC(N)Nc1nc(NC(=O)OC)nc2cnn(Cc3ccc(C(=O)OC)c4cccnc34)c12. The van der Waals surface area contributed by atoms with Crippen LogP contribution in [0.15, 0.2) is 36.7 Å².